The Morgan fingerprint density at radius 1 is 1.12 bits per heavy atom. The van der Waals surface area contributed by atoms with Crippen LogP contribution in [-0.2, 0) is 19.4 Å². The first-order valence-corrected chi connectivity index (χ1v) is 10.9. The van der Waals surface area contributed by atoms with E-state index >= 15 is 0 Å². The molecular formula is C23H23BN6O3. The van der Waals surface area contributed by atoms with Gasteiger partial charge in [-0.25, -0.2) is 4.98 Å². The van der Waals surface area contributed by atoms with E-state index in [9.17, 15) is 14.8 Å². The molecule has 5 N–H and O–H groups in total. The van der Waals surface area contributed by atoms with Gasteiger partial charge in [0.2, 0.25) is 5.91 Å². The van der Waals surface area contributed by atoms with Crippen LogP contribution in [0.4, 0.5) is 5.82 Å². The first-order chi connectivity index (χ1) is 16.0. The number of fused-ring (bicyclic) bond motifs is 2. The molecule has 0 saturated heterocycles. The molecule has 2 aromatic heterocycles. The monoisotopic (exact) mass is 442 g/mol. The number of nitrogens with two attached hydrogens (primary N) is 1. The van der Waals surface area contributed by atoms with Crippen molar-refractivity contribution in [2.24, 2.45) is 5.73 Å². The van der Waals surface area contributed by atoms with E-state index in [0.29, 0.717) is 34.4 Å². The van der Waals surface area contributed by atoms with Gasteiger partial charge in [-0.15, -0.1) is 0 Å². The molecule has 1 amide bonds. The van der Waals surface area contributed by atoms with Crippen molar-refractivity contribution in [3.8, 4) is 5.95 Å². The lowest BCUT2D eigenvalue weighted by Crippen LogP contribution is -2.30. The number of carbonyl (C=O) groups excluding carboxylic acids is 1. The van der Waals surface area contributed by atoms with Gasteiger partial charge in [-0.2, -0.15) is 14.8 Å². The highest BCUT2D eigenvalue weighted by Gasteiger charge is 2.21. The zero-order valence-electron chi connectivity index (χ0n) is 17.9. The largest absolute Gasteiger partial charge is 0.488 e. The van der Waals surface area contributed by atoms with Gasteiger partial charge in [-0.05, 0) is 48.8 Å². The molecule has 0 aliphatic heterocycles. The SMILES string of the molecule is NC(=O)c1cccc2c1cnn2-c1nc2c(c(NCc3cccc(B(O)O)c3)n1)CCCC2. The maximum Gasteiger partial charge on any atom is 0.488 e. The van der Waals surface area contributed by atoms with Crippen LogP contribution in [0.15, 0.2) is 48.7 Å². The molecule has 0 radical (unpaired) electrons. The molecule has 5 rings (SSSR count). The van der Waals surface area contributed by atoms with Crippen molar-refractivity contribution in [1.82, 2.24) is 19.7 Å². The topological polar surface area (TPSA) is 139 Å². The van der Waals surface area contributed by atoms with Gasteiger partial charge in [0.05, 0.1) is 23.0 Å². The van der Waals surface area contributed by atoms with Gasteiger partial charge in [0.1, 0.15) is 5.82 Å². The van der Waals surface area contributed by atoms with Crippen molar-refractivity contribution < 1.29 is 14.8 Å². The number of nitrogens with one attached hydrogen (secondary N) is 1. The Balaban J connectivity index is 1.54. The maximum atomic E-state index is 11.8. The number of hydrogen-bond donors (Lipinski definition) is 4. The number of aromatic nitrogens is 4. The molecule has 0 unspecified atom stereocenters. The first kappa shape index (κ1) is 21.1. The molecule has 0 saturated carbocycles. The summed E-state index contributed by atoms with van der Waals surface area (Å²) < 4.78 is 1.63. The number of amides is 1. The Morgan fingerprint density at radius 2 is 1.94 bits per heavy atom. The summed E-state index contributed by atoms with van der Waals surface area (Å²) in [4.78, 5) is 21.4. The molecule has 10 heteroatoms. The van der Waals surface area contributed by atoms with Crippen LogP contribution in [0.25, 0.3) is 16.9 Å². The minimum atomic E-state index is -1.51. The average Bonchev–Trinajstić information content (AvgIpc) is 3.26. The highest BCUT2D eigenvalue weighted by Crippen LogP contribution is 2.28. The number of rotatable bonds is 6. The molecule has 2 heterocycles. The highest BCUT2D eigenvalue weighted by molar-refractivity contribution is 6.58. The minimum absolute atomic E-state index is 0.404. The zero-order valence-corrected chi connectivity index (χ0v) is 17.9. The van der Waals surface area contributed by atoms with E-state index in [4.69, 9.17) is 15.7 Å². The lowest BCUT2D eigenvalue weighted by Gasteiger charge is -2.20. The van der Waals surface area contributed by atoms with Crippen LogP contribution in [0.2, 0.25) is 0 Å². The van der Waals surface area contributed by atoms with Gasteiger partial charge in [0.15, 0.2) is 0 Å². The average molecular weight is 442 g/mol. The van der Waals surface area contributed by atoms with Crippen molar-refractivity contribution in [2.45, 2.75) is 32.2 Å². The summed E-state index contributed by atoms with van der Waals surface area (Å²) in [7, 11) is -1.51. The van der Waals surface area contributed by atoms with Gasteiger partial charge in [0, 0.05) is 17.5 Å². The second-order valence-corrected chi connectivity index (χ2v) is 8.14. The van der Waals surface area contributed by atoms with E-state index < -0.39 is 13.0 Å². The molecule has 0 spiro atoms. The number of hydrogen-bond acceptors (Lipinski definition) is 7. The molecule has 1 aliphatic carbocycles. The van der Waals surface area contributed by atoms with Gasteiger partial charge >= 0.3 is 7.12 Å². The maximum absolute atomic E-state index is 11.8. The second-order valence-electron chi connectivity index (χ2n) is 8.14. The van der Waals surface area contributed by atoms with Gasteiger partial charge in [-0.3, -0.25) is 4.79 Å². The third kappa shape index (κ3) is 4.06. The van der Waals surface area contributed by atoms with Gasteiger partial charge < -0.3 is 21.1 Å². The van der Waals surface area contributed by atoms with E-state index in [1.54, 1.807) is 41.2 Å². The summed E-state index contributed by atoms with van der Waals surface area (Å²) in [5, 5.41) is 27.4. The molecule has 1 aliphatic rings. The third-order valence-corrected chi connectivity index (χ3v) is 5.95. The molecule has 0 atom stereocenters. The fourth-order valence-electron chi connectivity index (χ4n) is 4.30. The number of primary amides is 1. The van der Waals surface area contributed by atoms with Crippen LogP contribution in [-0.4, -0.2) is 42.8 Å². The van der Waals surface area contributed by atoms with Crippen LogP contribution >= 0.6 is 0 Å². The summed E-state index contributed by atoms with van der Waals surface area (Å²) in [6, 6.07) is 12.4. The number of anilines is 1. The first-order valence-electron chi connectivity index (χ1n) is 10.9. The van der Waals surface area contributed by atoms with Crippen molar-refractivity contribution in [3.63, 3.8) is 0 Å². The fourth-order valence-corrected chi connectivity index (χ4v) is 4.30. The van der Waals surface area contributed by atoms with Gasteiger partial charge in [-0.1, -0.05) is 30.3 Å². The lowest BCUT2D eigenvalue weighted by molar-refractivity contribution is 0.100. The van der Waals surface area contributed by atoms with Crippen molar-refractivity contribution in [2.75, 3.05) is 5.32 Å². The van der Waals surface area contributed by atoms with E-state index in [-0.39, 0.29) is 0 Å². The van der Waals surface area contributed by atoms with E-state index in [2.05, 4.69) is 10.4 Å². The summed E-state index contributed by atoms with van der Waals surface area (Å²) >= 11 is 0. The minimum Gasteiger partial charge on any atom is -0.423 e. The Morgan fingerprint density at radius 3 is 2.76 bits per heavy atom. The summed E-state index contributed by atoms with van der Waals surface area (Å²) in [5.74, 6) is 0.651. The quantitative estimate of drug-likeness (QED) is 0.328. The zero-order chi connectivity index (χ0) is 22.9. The second kappa shape index (κ2) is 8.65. The molecule has 9 nitrogen and oxygen atoms in total. The molecule has 2 aromatic carbocycles. The Bertz CT molecular complexity index is 1350. The summed E-state index contributed by atoms with van der Waals surface area (Å²) in [6.07, 6.45) is 5.49. The van der Waals surface area contributed by atoms with Crippen molar-refractivity contribution in [1.29, 1.82) is 0 Å². The molecule has 4 aromatic rings. The van der Waals surface area contributed by atoms with Crippen LogP contribution in [0, 0.1) is 0 Å². The number of nitrogens with zero attached hydrogens (tertiary/aromatic N) is 4. The van der Waals surface area contributed by atoms with Crippen molar-refractivity contribution in [3.05, 3.63) is 71.0 Å². The highest BCUT2D eigenvalue weighted by atomic mass is 16.4. The van der Waals surface area contributed by atoms with E-state index in [1.165, 1.54) is 0 Å². The van der Waals surface area contributed by atoms with Gasteiger partial charge in [0.25, 0.3) is 5.95 Å². The standard InChI is InChI=1S/C23H23BN6O3/c25-21(31)16-8-4-10-20-18(16)13-27-30(20)23-28-19-9-2-1-7-17(19)22(29-23)26-12-14-5-3-6-15(11-14)24(32)33/h3-6,8,10-11,13,32-33H,1-2,7,9,12H2,(H2,25,31)(H,26,28,29). The Labute approximate surface area is 190 Å². The number of carbonyl (C=O) groups is 1. The molecule has 33 heavy (non-hydrogen) atoms. The molecule has 0 bridgehead atoms. The van der Waals surface area contributed by atoms with Crippen molar-refractivity contribution >= 4 is 35.2 Å². The number of aryl methyl sites for hydroxylation is 1. The fraction of sp³-hybridized carbons (Fsp3) is 0.217. The lowest BCUT2D eigenvalue weighted by atomic mass is 9.79. The molecule has 166 valence electrons. The summed E-state index contributed by atoms with van der Waals surface area (Å²) in [5.41, 5.74) is 10.1. The Hall–Kier alpha value is -3.76. The van der Waals surface area contributed by atoms with Crippen LogP contribution in [0.5, 0.6) is 0 Å². The normalized spacial score (nSPS) is 13.0. The van der Waals surface area contributed by atoms with E-state index in [0.717, 1.165) is 48.3 Å². The van der Waals surface area contributed by atoms with Crippen LogP contribution < -0.4 is 16.5 Å². The molecular weight excluding hydrogens is 419 g/mol. The number of benzene rings is 2. The molecule has 0 fully saturated rings. The smallest absolute Gasteiger partial charge is 0.423 e. The summed E-state index contributed by atoms with van der Waals surface area (Å²) in [6.45, 7) is 0.467. The predicted octanol–water partition coefficient (Wildman–Crippen LogP) is 1.09. The predicted molar refractivity (Wildman–Crippen MR) is 125 cm³/mol. The third-order valence-electron chi connectivity index (χ3n) is 5.95. The van der Waals surface area contributed by atoms with E-state index in [1.807, 2.05) is 12.1 Å². The van der Waals surface area contributed by atoms with Crippen LogP contribution in [0.1, 0.15) is 40.0 Å². The van der Waals surface area contributed by atoms with Crippen LogP contribution in [0.3, 0.4) is 0 Å². The Kier molecular flexibility index (Phi) is 5.53.